The molecular weight excluding hydrogens is 530 g/mol. The Labute approximate surface area is 247 Å². The van der Waals surface area contributed by atoms with E-state index < -0.39 is 12.1 Å². The van der Waals surface area contributed by atoms with Crippen LogP contribution in [0.5, 0.6) is 0 Å². The normalized spacial score (nSPS) is 20.1. The molecule has 42 heavy (non-hydrogen) atoms. The quantitative estimate of drug-likeness (QED) is 0.407. The predicted octanol–water partition coefficient (Wildman–Crippen LogP) is 4.48. The summed E-state index contributed by atoms with van der Waals surface area (Å²) in [7, 11) is 2.13. The molecule has 1 saturated heterocycles. The molecule has 1 saturated carbocycles. The van der Waals surface area contributed by atoms with Crippen molar-refractivity contribution in [2.45, 2.75) is 38.6 Å². The van der Waals surface area contributed by atoms with Crippen molar-refractivity contribution in [1.82, 2.24) is 25.1 Å². The Morgan fingerprint density at radius 2 is 1.81 bits per heavy atom. The van der Waals surface area contributed by atoms with Gasteiger partial charge in [-0.15, -0.1) is 0 Å². The molecule has 0 radical (unpaired) electrons. The second-order valence-corrected chi connectivity index (χ2v) is 11.6. The molecule has 3 heterocycles. The third kappa shape index (κ3) is 6.80. The summed E-state index contributed by atoms with van der Waals surface area (Å²) in [5, 5.41) is 22.6. The van der Waals surface area contributed by atoms with E-state index in [1.54, 1.807) is 6.92 Å². The van der Waals surface area contributed by atoms with Gasteiger partial charge >= 0.3 is 6.09 Å². The zero-order valence-electron chi connectivity index (χ0n) is 24.4. The van der Waals surface area contributed by atoms with Crippen molar-refractivity contribution >= 4 is 28.7 Å². The first-order valence-corrected chi connectivity index (χ1v) is 14.8. The minimum absolute atomic E-state index is 0.126. The number of nitrogens with zero attached hydrogens (tertiary/aromatic N) is 6. The van der Waals surface area contributed by atoms with Crippen molar-refractivity contribution < 1.29 is 14.7 Å². The third-order valence-corrected chi connectivity index (χ3v) is 8.70. The summed E-state index contributed by atoms with van der Waals surface area (Å²) in [5.41, 5.74) is 2.94. The van der Waals surface area contributed by atoms with Crippen LogP contribution >= 0.6 is 0 Å². The van der Waals surface area contributed by atoms with Gasteiger partial charge in [0.25, 0.3) is 5.91 Å². The van der Waals surface area contributed by atoms with E-state index in [-0.39, 0.29) is 11.8 Å². The van der Waals surface area contributed by atoms with Gasteiger partial charge in [-0.2, -0.15) is 5.26 Å². The van der Waals surface area contributed by atoms with Crippen molar-refractivity contribution in [3.63, 3.8) is 0 Å². The minimum atomic E-state index is -1.05. The predicted molar refractivity (Wildman–Crippen MR) is 162 cm³/mol. The lowest BCUT2D eigenvalue weighted by molar-refractivity contribution is 0.0935. The van der Waals surface area contributed by atoms with E-state index in [9.17, 15) is 14.7 Å². The molecular formula is C32H39N7O3. The number of para-hydroxylation sites is 1. The highest BCUT2D eigenvalue weighted by Crippen LogP contribution is 2.30. The first kappa shape index (κ1) is 29.3. The average Bonchev–Trinajstić information content (AvgIpc) is 3.02. The number of benzene rings is 1. The third-order valence-electron chi connectivity index (χ3n) is 8.70. The van der Waals surface area contributed by atoms with E-state index in [4.69, 9.17) is 15.2 Å². The lowest BCUT2D eigenvalue weighted by Crippen LogP contribution is -2.44. The number of likely N-dealkylation sites (N-methyl/N-ethyl adjacent to an activating group) is 1. The average molecular weight is 570 g/mol. The molecule has 3 aromatic rings. The van der Waals surface area contributed by atoms with E-state index in [0.717, 1.165) is 74.1 Å². The highest BCUT2D eigenvalue weighted by molar-refractivity contribution is 6.07. The van der Waals surface area contributed by atoms with E-state index in [1.807, 2.05) is 54.7 Å². The highest BCUT2D eigenvalue weighted by atomic mass is 16.4. The minimum Gasteiger partial charge on any atom is -0.465 e. The fourth-order valence-electron chi connectivity index (χ4n) is 5.97. The number of carbonyl (C=O) groups is 2. The number of carboxylic acid groups (broad SMARTS) is 1. The number of nitriles is 1. The fraction of sp³-hybridized carbons (Fsp3) is 0.469. The number of carbonyl (C=O) groups excluding carboxylic acids is 1. The fourth-order valence-corrected chi connectivity index (χ4v) is 5.97. The molecule has 5 rings (SSSR count). The second-order valence-electron chi connectivity index (χ2n) is 11.6. The first-order valence-electron chi connectivity index (χ1n) is 14.8. The van der Waals surface area contributed by atoms with Gasteiger partial charge in [0, 0.05) is 56.4 Å². The number of rotatable bonds is 8. The van der Waals surface area contributed by atoms with Gasteiger partial charge in [0.1, 0.15) is 11.9 Å². The van der Waals surface area contributed by atoms with Crippen LogP contribution in [-0.2, 0) is 0 Å². The molecule has 2 aromatic heterocycles. The Hall–Kier alpha value is -4.23. The summed E-state index contributed by atoms with van der Waals surface area (Å²) in [6, 6.07) is 15.0. The molecule has 1 aromatic carbocycles. The van der Waals surface area contributed by atoms with Crippen LogP contribution in [0.2, 0.25) is 0 Å². The van der Waals surface area contributed by atoms with Crippen molar-refractivity contribution in [3.05, 3.63) is 54.2 Å². The van der Waals surface area contributed by atoms with Gasteiger partial charge < -0.3 is 20.2 Å². The van der Waals surface area contributed by atoms with Crippen LogP contribution in [0.25, 0.3) is 22.2 Å². The highest BCUT2D eigenvalue weighted by Gasteiger charge is 2.28. The van der Waals surface area contributed by atoms with E-state index in [1.165, 1.54) is 4.90 Å². The summed E-state index contributed by atoms with van der Waals surface area (Å²) in [4.78, 5) is 40.5. The Morgan fingerprint density at radius 1 is 1.10 bits per heavy atom. The van der Waals surface area contributed by atoms with Gasteiger partial charge in [0.2, 0.25) is 0 Å². The molecule has 1 unspecified atom stereocenters. The van der Waals surface area contributed by atoms with Crippen LogP contribution in [0.15, 0.2) is 48.7 Å². The van der Waals surface area contributed by atoms with Crippen LogP contribution in [0, 0.1) is 23.2 Å². The van der Waals surface area contributed by atoms with Gasteiger partial charge in [0.05, 0.1) is 22.8 Å². The second kappa shape index (κ2) is 13.2. The van der Waals surface area contributed by atoms with Crippen molar-refractivity contribution in [3.8, 4) is 17.3 Å². The van der Waals surface area contributed by atoms with Gasteiger partial charge in [0.15, 0.2) is 0 Å². The summed E-state index contributed by atoms with van der Waals surface area (Å²) in [6.07, 6.45) is 4.36. The number of nitrogens with one attached hydrogen (secondary N) is 1. The summed E-state index contributed by atoms with van der Waals surface area (Å²) in [5.74, 6) is 1.39. The standard InChI is InChI=1S/C32H39N7O3/c1-22(18-33)39(32(41)42)21-24-9-7-23(8-10-24)19-35-31(40)27-17-29(36-28-6-4-3-5-26(27)28)25-11-12-30(34-20-25)38-15-13-37(2)14-16-38/h3-6,11-12,17,20,22-24H,7-10,13-16,19,21H2,1-2H3,(H,35,40)(H,41,42). The van der Waals surface area contributed by atoms with Crippen LogP contribution in [0.3, 0.4) is 0 Å². The molecule has 10 nitrogen and oxygen atoms in total. The van der Waals surface area contributed by atoms with Crippen LogP contribution in [0.1, 0.15) is 43.0 Å². The molecule has 1 atom stereocenters. The van der Waals surface area contributed by atoms with Crippen LogP contribution in [0.4, 0.5) is 10.6 Å². The maximum atomic E-state index is 13.5. The maximum absolute atomic E-state index is 13.5. The number of aromatic nitrogens is 2. The van der Waals surface area contributed by atoms with Crippen LogP contribution < -0.4 is 10.2 Å². The topological polar surface area (TPSA) is 126 Å². The van der Waals surface area contributed by atoms with Crippen molar-refractivity contribution in [1.29, 1.82) is 5.26 Å². The Morgan fingerprint density at radius 3 is 2.48 bits per heavy atom. The molecule has 220 valence electrons. The van der Waals surface area contributed by atoms with E-state index >= 15 is 0 Å². The monoisotopic (exact) mass is 569 g/mol. The number of anilines is 1. The van der Waals surface area contributed by atoms with Crippen molar-refractivity contribution in [2.24, 2.45) is 11.8 Å². The number of hydrogen-bond donors (Lipinski definition) is 2. The lowest BCUT2D eigenvalue weighted by atomic mass is 9.81. The molecule has 1 aliphatic carbocycles. The number of pyridine rings is 2. The van der Waals surface area contributed by atoms with Gasteiger partial charge in [-0.25, -0.2) is 14.8 Å². The molecule has 2 fully saturated rings. The number of fused-ring (bicyclic) bond motifs is 1. The Bertz CT molecular complexity index is 1440. The molecule has 1 aliphatic heterocycles. The number of hydrogen-bond acceptors (Lipinski definition) is 7. The molecule has 0 bridgehead atoms. The maximum Gasteiger partial charge on any atom is 0.408 e. The van der Waals surface area contributed by atoms with Crippen LogP contribution in [-0.4, -0.2) is 89.2 Å². The first-order chi connectivity index (χ1) is 20.3. The van der Waals surface area contributed by atoms with Gasteiger partial charge in [-0.1, -0.05) is 18.2 Å². The largest absolute Gasteiger partial charge is 0.465 e. The zero-order chi connectivity index (χ0) is 29.6. The summed E-state index contributed by atoms with van der Waals surface area (Å²) >= 11 is 0. The number of amides is 2. The molecule has 2 amide bonds. The smallest absolute Gasteiger partial charge is 0.408 e. The van der Waals surface area contributed by atoms with Crippen molar-refractivity contribution in [2.75, 3.05) is 51.2 Å². The van der Waals surface area contributed by atoms with E-state index in [2.05, 4.69) is 22.2 Å². The zero-order valence-corrected chi connectivity index (χ0v) is 24.4. The Balaban J connectivity index is 1.23. The van der Waals surface area contributed by atoms with Gasteiger partial charge in [-0.3, -0.25) is 9.69 Å². The molecule has 2 aliphatic rings. The molecule has 10 heteroatoms. The van der Waals surface area contributed by atoms with Gasteiger partial charge in [-0.05, 0) is 75.8 Å². The Kier molecular flexibility index (Phi) is 9.18. The molecule has 2 N–H and O–H groups in total. The lowest BCUT2D eigenvalue weighted by Gasteiger charge is -2.33. The van der Waals surface area contributed by atoms with E-state index in [0.29, 0.717) is 30.3 Å². The molecule has 0 spiro atoms. The summed E-state index contributed by atoms with van der Waals surface area (Å²) < 4.78 is 0. The SMILES string of the molecule is CC(C#N)N(CC1CCC(CNC(=O)c2cc(-c3ccc(N4CCN(C)CC4)nc3)nc3ccccc23)CC1)C(=O)O. The summed E-state index contributed by atoms with van der Waals surface area (Å²) in [6.45, 7) is 6.48. The number of piperazine rings is 1.